The van der Waals surface area contributed by atoms with Crippen molar-refractivity contribution < 1.29 is 27.9 Å². The molecule has 4 rings (SSSR count). The first-order valence-electron chi connectivity index (χ1n) is 17.0. The van der Waals surface area contributed by atoms with E-state index in [0.717, 1.165) is 25.0 Å². The lowest BCUT2D eigenvalue weighted by atomic mass is 9.95. The maximum Gasteiger partial charge on any atom is 0.270 e. The summed E-state index contributed by atoms with van der Waals surface area (Å²) in [5.74, 6) is -0.869. The van der Waals surface area contributed by atoms with E-state index in [1.165, 1.54) is 28.7 Å². The number of sulfonamides is 1. The van der Waals surface area contributed by atoms with Crippen LogP contribution >= 0.6 is 0 Å². The third-order valence-electron chi connectivity index (χ3n) is 9.40. The van der Waals surface area contributed by atoms with Crippen molar-refractivity contribution in [1.82, 2.24) is 14.1 Å². The first kappa shape index (κ1) is 38.2. The summed E-state index contributed by atoms with van der Waals surface area (Å²) in [6, 6.07) is 7.70. The molecule has 0 aliphatic carbocycles. The summed E-state index contributed by atoms with van der Waals surface area (Å²) < 4.78 is 29.2. The van der Waals surface area contributed by atoms with Gasteiger partial charge in [0.2, 0.25) is 21.8 Å². The number of hydrogen-bond donors (Lipinski definition) is 1. The number of piperidine rings is 2. The van der Waals surface area contributed by atoms with Gasteiger partial charge in [-0.2, -0.15) is 9.41 Å². The molecule has 2 aromatic rings. The molecule has 50 heavy (non-hydrogen) atoms. The number of anilines is 2. The van der Waals surface area contributed by atoms with Gasteiger partial charge < -0.3 is 14.7 Å². The van der Waals surface area contributed by atoms with Gasteiger partial charge in [0, 0.05) is 87.9 Å². The standard InChI is InChI=1S/C33H46N8O8S/c1-5-36(6-2)32(42)24-11-9-17-38(22-24)30-16-14-27(40(44)45)19-26(30)21-34-35-29-15-13-28(41(46)47)20-31(29)50(48,49)39-18-10-12-25(23-39)33(43)37(7-3)8-4/h13-16,19-21,24-25,35H,5-12,17-18,22-23H2,1-4H3/b34-21-/t24-,25-/m1/s1. The number of nitrogens with zero attached hydrogens (tertiary/aromatic N) is 7. The van der Waals surface area contributed by atoms with E-state index in [-0.39, 0.29) is 47.1 Å². The molecule has 17 heteroatoms. The summed E-state index contributed by atoms with van der Waals surface area (Å²) in [4.78, 5) is 53.4. The van der Waals surface area contributed by atoms with Crippen molar-refractivity contribution in [3.05, 3.63) is 62.2 Å². The number of carbonyl (C=O) groups is 2. The topological polar surface area (TPSA) is 192 Å². The van der Waals surface area contributed by atoms with Gasteiger partial charge in [-0.15, -0.1) is 0 Å². The molecule has 0 unspecified atom stereocenters. The average Bonchev–Trinajstić information content (AvgIpc) is 3.12. The molecule has 2 atom stereocenters. The van der Waals surface area contributed by atoms with Crippen molar-refractivity contribution in [2.45, 2.75) is 58.3 Å². The lowest BCUT2D eigenvalue weighted by Gasteiger charge is -2.36. The van der Waals surface area contributed by atoms with Crippen LogP contribution in [0.5, 0.6) is 0 Å². The third-order valence-corrected chi connectivity index (χ3v) is 11.3. The number of hydrogen-bond acceptors (Lipinski definition) is 11. The van der Waals surface area contributed by atoms with Gasteiger partial charge in [-0.05, 0) is 65.5 Å². The van der Waals surface area contributed by atoms with Gasteiger partial charge in [0.05, 0.1) is 33.6 Å². The van der Waals surface area contributed by atoms with Gasteiger partial charge in [0.15, 0.2) is 0 Å². The molecule has 272 valence electrons. The highest BCUT2D eigenvalue weighted by molar-refractivity contribution is 7.89. The van der Waals surface area contributed by atoms with Crippen LogP contribution in [0.2, 0.25) is 0 Å². The number of carbonyl (C=O) groups excluding carboxylic acids is 2. The van der Waals surface area contributed by atoms with Gasteiger partial charge in [-0.25, -0.2) is 8.42 Å². The molecular weight excluding hydrogens is 668 g/mol. The van der Waals surface area contributed by atoms with Crippen molar-refractivity contribution >= 4 is 50.8 Å². The molecule has 2 aliphatic heterocycles. The Morgan fingerprint density at radius 2 is 1.40 bits per heavy atom. The fraction of sp³-hybridized carbons (Fsp3) is 0.545. The van der Waals surface area contributed by atoms with E-state index >= 15 is 0 Å². The zero-order valence-electron chi connectivity index (χ0n) is 29.0. The number of amides is 2. The predicted molar refractivity (Wildman–Crippen MR) is 190 cm³/mol. The molecule has 1 N–H and O–H groups in total. The average molecular weight is 715 g/mol. The lowest BCUT2D eigenvalue weighted by Crippen LogP contribution is -2.46. The van der Waals surface area contributed by atoms with Crippen molar-refractivity contribution in [3.8, 4) is 0 Å². The van der Waals surface area contributed by atoms with Gasteiger partial charge in [-0.3, -0.25) is 35.2 Å². The monoisotopic (exact) mass is 714 g/mol. The maximum atomic E-state index is 14.0. The number of nitrogens with one attached hydrogen (secondary N) is 1. The van der Waals surface area contributed by atoms with Gasteiger partial charge in [0.1, 0.15) is 4.90 Å². The highest BCUT2D eigenvalue weighted by Crippen LogP contribution is 2.33. The zero-order valence-corrected chi connectivity index (χ0v) is 29.8. The van der Waals surface area contributed by atoms with Crippen molar-refractivity contribution in [2.24, 2.45) is 16.9 Å². The Balaban J connectivity index is 1.65. The number of nitro benzene ring substituents is 2. The van der Waals surface area contributed by atoms with Crippen LogP contribution in [0.4, 0.5) is 22.7 Å². The number of rotatable bonds is 14. The summed E-state index contributed by atoms with van der Waals surface area (Å²) in [5.41, 5.74) is 3.02. The van der Waals surface area contributed by atoms with Gasteiger partial charge in [-0.1, -0.05) is 0 Å². The Kier molecular flexibility index (Phi) is 12.9. The molecule has 2 aromatic carbocycles. The van der Waals surface area contributed by atoms with Gasteiger partial charge >= 0.3 is 0 Å². The molecule has 0 bridgehead atoms. The van der Waals surface area contributed by atoms with Crippen LogP contribution in [0.3, 0.4) is 0 Å². The van der Waals surface area contributed by atoms with Gasteiger partial charge in [0.25, 0.3) is 11.4 Å². The first-order valence-corrected chi connectivity index (χ1v) is 18.5. The van der Waals surface area contributed by atoms with Crippen LogP contribution in [0.1, 0.15) is 58.9 Å². The molecule has 2 saturated heterocycles. The van der Waals surface area contributed by atoms with Crippen LogP contribution < -0.4 is 10.3 Å². The Hall–Kier alpha value is -4.64. The molecular formula is C33H46N8O8S. The molecule has 0 radical (unpaired) electrons. The zero-order chi connectivity index (χ0) is 36.6. The van der Waals surface area contributed by atoms with E-state index in [9.17, 15) is 38.2 Å². The smallest absolute Gasteiger partial charge is 0.270 e. The van der Waals surface area contributed by atoms with Crippen LogP contribution in [-0.4, -0.2) is 103 Å². The SMILES string of the molecule is CCN(CC)C(=O)[C@@H]1CCCN(c2ccc([N+](=O)[O-])cc2/C=N\Nc2ccc([N+](=O)[O-])cc2S(=O)(=O)N2CCC[C@@H](C(=O)N(CC)CC)C2)C1. The van der Waals surface area contributed by atoms with E-state index in [1.54, 1.807) is 15.9 Å². The number of non-ortho nitro benzene ring substituents is 2. The van der Waals surface area contributed by atoms with Crippen molar-refractivity contribution in [3.63, 3.8) is 0 Å². The fourth-order valence-electron chi connectivity index (χ4n) is 6.63. The molecule has 2 heterocycles. The summed E-state index contributed by atoms with van der Waals surface area (Å²) in [7, 11) is -4.33. The summed E-state index contributed by atoms with van der Waals surface area (Å²) in [5, 5.41) is 27.6. The maximum absolute atomic E-state index is 14.0. The second kappa shape index (κ2) is 16.8. The van der Waals surface area contributed by atoms with Crippen LogP contribution in [0.25, 0.3) is 0 Å². The Morgan fingerprint density at radius 3 is 1.98 bits per heavy atom. The minimum atomic E-state index is -4.33. The third kappa shape index (κ3) is 8.56. The van der Waals surface area contributed by atoms with Crippen molar-refractivity contribution in [1.29, 1.82) is 0 Å². The first-order chi connectivity index (χ1) is 23.9. The van der Waals surface area contributed by atoms with E-state index in [4.69, 9.17) is 0 Å². The fourth-order valence-corrected chi connectivity index (χ4v) is 8.32. The number of benzene rings is 2. The number of nitro groups is 2. The molecule has 0 saturated carbocycles. The number of hydrazone groups is 1. The summed E-state index contributed by atoms with van der Waals surface area (Å²) in [6.45, 7) is 10.9. The Morgan fingerprint density at radius 1 is 0.860 bits per heavy atom. The second-order valence-electron chi connectivity index (χ2n) is 12.3. The molecule has 2 aliphatic rings. The van der Waals surface area contributed by atoms with Crippen LogP contribution in [-0.2, 0) is 19.6 Å². The molecule has 0 spiro atoms. The molecule has 2 amide bonds. The quantitative estimate of drug-likeness (QED) is 0.168. The minimum Gasteiger partial charge on any atom is -0.370 e. The molecule has 0 aromatic heterocycles. The molecule has 16 nitrogen and oxygen atoms in total. The predicted octanol–water partition coefficient (Wildman–Crippen LogP) is 4.30. The van der Waals surface area contributed by atoms with Crippen LogP contribution in [0.15, 0.2) is 46.4 Å². The molecule has 2 fully saturated rings. The van der Waals surface area contributed by atoms with E-state index in [0.29, 0.717) is 63.4 Å². The van der Waals surface area contributed by atoms with Crippen molar-refractivity contribution in [2.75, 3.05) is 62.7 Å². The van der Waals surface area contributed by atoms with Crippen LogP contribution in [0, 0.1) is 32.1 Å². The second-order valence-corrected chi connectivity index (χ2v) is 14.2. The lowest BCUT2D eigenvalue weighted by molar-refractivity contribution is -0.385. The van der Waals surface area contributed by atoms with E-state index < -0.39 is 31.5 Å². The van der Waals surface area contributed by atoms with E-state index in [1.807, 2.05) is 32.6 Å². The summed E-state index contributed by atoms with van der Waals surface area (Å²) in [6.07, 6.45) is 3.77. The highest BCUT2D eigenvalue weighted by Gasteiger charge is 2.36. The minimum absolute atomic E-state index is 0.0427. The Bertz CT molecular complexity index is 1710. The van der Waals surface area contributed by atoms with E-state index in [2.05, 4.69) is 10.5 Å². The Labute approximate surface area is 292 Å². The largest absolute Gasteiger partial charge is 0.370 e. The highest BCUT2D eigenvalue weighted by atomic mass is 32.2. The normalized spacial score (nSPS) is 18.5. The summed E-state index contributed by atoms with van der Waals surface area (Å²) >= 11 is 0.